The predicted octanol–water partition coefficient (Wildman–Crippen LogP) is 3.56. The molecule has 1 aromatic carbocycles. The first-order valence-electron chi connectivity index (χ1n) is 10.6. The molecule has 1 aliphatic heterocycles. The van der Waals surface area contributed by atoms with E-state index in [1.807, 2.05) is 0 Å². The monoisotopic (exact) mass is 422 g/mol. The van der Waals surface area contributed by atoms with Gasteiger partial charge in [-0.15, -0.1) is 0 Å². The highest BCUT2D eigenvalue weighted by Crippen LogP contribution is 2.65. The number of hydrogen-bond acceptors (Lipinski definition) is 3. The maximum absolute atomic E-state index is 14.0. The summed E-state index contributed by atoms with van der Waals surface area (Å²) >= 11 is 0. The zero-order chi connectivity index (χ0) is 21.0. The van der Waals surface area contributed by atoms with E-state index in [-0.39, 0.29) is 46.7 Å². The van der Waals surface area contributed by atoms with Crippen LogP contribution in [0.2, 0.25) is 0 Å². The van der Waals surface area contributed by atoms with Crippen molar-refractivity contribution >= 4 is 15.9 Å². The third-order valence-electron chi connectivity index (χ3n) is 8.39. The van der Waals surface area contributed by atoms with Crippen molar-refractivity contribution in [3.05, 3.63) is 30.1 Å². The molecule has 2 aliphatic carbocycles. The van der Waals surface area contributed by atoms with Gasteiger partial charge in [0.2, 0.25) is 15.9 Å². The summed E-state index contributed by atoms with van der Waals surface area (Å²) in [7, 11) is -3.87. The van der Waals surface area contributed by atoms with E-state index in [1.165, 1.54) is 28.9 Å². The topological polar surface area (TPSA) is 66.5 Å². The molecular formula is C22H31FN2O3S. The van der Waals surface area contributed by atoms with E-state index in [0.717, 1.165) is 18.9 Å². The van der Waals surface area contributed by atoms with Gasteiger partial charge in [-0.05, 0) is 61.0 Å². The van der Waals surface area contributed by atoms with Crippen LogP contribution >= 0.6 is 0 Å². The Morgan fingerprint density at radius 3 is 2.34 bits per heavy atom. The average molecular weight is 423 g/mol. The summed E-state index contributed by atoms with van der Waals surface area (Å²) < 4.78 is 40.8. The third kappa shape index (κ3) is 3.21. The quantitative estimate of drug-likeness (QED) is 0.807. The highest BCUT2D eigenvalue weighted by molar-refractivity contribution is 7.89. The zero-order valence-corrected chi connectivity index (χ0v) is 18.3. The second-order valence-electron chi connectivity index (χ2n) is 9.78. The van der Waals surface area contributed by atoms with Crippen molar-refractivity contribution in [3.63, 3.8) is 0 Å². The molecule has 1 heterocycles. The van der Waals surface area contributed by atoms with Gasteiger partial charge in [0.1, 0.15) is 10.7 Å². The first-order valence-corrected chi connectivity index (χ1v) is 12.1. The first kappa shape index (κ1) is 20.8. The molecule has 3 atom stereocenters. The fourth-order valence-corrected chi connectivity index (χ4v) is 7.40. The molecule has 2 saturated carbocycles. The minimum absolute atomic E-state index is 0.0440. The summed E-state index contributed by atoms with van der Waals surface area (Å²) in [5.74, 6) is -0.222. The lowest BCUT2D eigenvalue weighted by Gasteiger charge is -2.40. The highest BCUT2D eigenvalue weighted by Gasteiger charge is 2.61. The minimum atomic E-state index is -3.87. The Bertz CT molecular complexity index is 908. The Morgan fingerprint density at radius 1 is 1.14 bits per heavy atom. The third-order valence-corrected chi connectivity index (χ3v) is 10.3. The maximum Gasteiger partial charge on any atom is 0.245 e. The van der Waals surface area contributed by atoms with Crippen molar-refractivity contribution in [2.24, 2.45) is 22.7 Å². The van der Waals surface area contributed by atoms with Crippen LogP contribution in [0.4, 0.5) is 4.39 Å². The summed E-state index contributed by atoms with van der Waals surface area (Å²) in [6, 6.07) is 5.64. The number of fused-ring (bicyclic) bond motifs is 2. The van der Waals surface area contributed by atoms with Crippen LogP contribution in [-0.4, -0.2) is 37.8 Å². The van der Waals surface area contributed by atoms with Crippen molar-refractivity contribution in [1.82, 2.24) is 9.62 Å². The number of rotatable bonds is 4. The Labute approximate surface area is 173 Å². The molecular weight excluding hydrogens is 391 g/mol. The molecule has 0 aromatic heterocycles. The van der Waals surface area contributed by atoms with Gasteiger partial charge in [0.05, 0.1) is 0 Å². The second kappa shape index (κ2) is 7.05. The molecule has 1 N–H and O–H groups in total. The van der Waals surface area contributed by atoms with Gasteiger partial charge in [-0.3, -0.25) is 4.79 Å². The van der Waals surface area contributed by atoms with Crippen molar-refractivity contribution in [2.45, 2.75) is 63.8 Å². The van der Waals surface area contributed by atoms with Gasteiger partial charge in [0, 0.05) is 25.0 Å². The van der Waals surface area contributed by atoms with Crippen LogP contribution in [0.15, 0.2) is 29.2 Å². The summed E-state index contributed by atoms with van der Waals surface area (Å²) in [5, 5.41) is 3.30. The number of benzene rings is 1. The fourth-order valence-electron chi connectivity index (χ4n) is 5.86. The molecule has 3 aliphatic rings. The number of halogens is 1. The Kier molecular flexibility index (Phi) is 5.05. The van der Waals surface area contributed by atoms with E-state index in [0.29, 0.717) is 18.8 Å². The lowest BCUT2D eigenvalue weighted by atomic mass is 9.69. The lowest BCUT2D eigenvalue weighted by molar-refractivity contribution is -0.127. The molecule has 0 spiro atoms. The van der Waals surface area contributed by atoms with Crippen LogP contribution < -0.4 is 5.32 Å². The van der Waals surface area contributed by atoms with E-state index >= 15 is 0 Å². The van der Waals surface area contributed by atoms with E-state index in [2.05, 4.69) is 26.1 Å². The van der Waals surface area contributed by atoms with Crippen LogP contribution in [-0.2, 0) is 14.8 Å². The number of amides is 1. The Balaban J connectivity index is 1.38. The van der Waals surface area contributed by atoms with Crippen molar-refractivity contribution < 1.29 is 17.6 Å². The van der Waals surface area contributed by atoms with Gasteiger partial charge in [0.15, 0.2) is 0 Å². The summed E-state index contributed by atoms with van der Waals surface area (Å²) in [6.07, 6.45) is 4.36. The molecule has 5 nitrogen and oxygen atoms in total. The molecule has 3 fully saturated rings. The van der Waals surface area contributed by atoms with Gasteiger partial charge < -0.3 is 5.32 Å². The van der Waals surface area contributed by atoms with E-state index in [1.54, 1.807) is 0 Å². The number of sulfonamides is 1. The van der Waals surface area contributed by atoms with Gasteiger partial charge in [0.25, 0.3) is 0 Å². The molecule has 4 rings (SSSR count). The molecule has 7 heteroatoms. The van der Waals surface area contributed by atoms with E-state index in [9.17, 15) is 17.6 Å². The van der Waals surface area contributed by atoms with Crippen LogP contribution in [0.25, 0.3) is 0 Å². The van der Waals surface area contributed by atoms with Gasteiger partial charge >= 0.3 is 0 Å². The Hall–Kier alpha value is -1.47. The molecule has 1 aromatic rings. The largest absolute Gasteiger partial charge is 0.353 e. The molecule has 1 saturated heterocycles. The maximum atomic E-state index is 14.0. The fraction of sp³-hybridized carbons (Fsp3) is 0.682. The standard InChI is InChI=1S/C22H31FN2O3S/c1-21(2)16-8-11-22(21,3)19(14-16)24-20(26)15-9-12-25(13-10-15)29(27,28)18-7-5-4-6-17(18)23/h4-7,15-16,19H,8-14H2,1-3H3,(H,24,26). The number of nitrogens with one attached hydrogen (secondary N) is 1. The van der Waals surface area contributed by atoms with Crippen molar-refractivity contribution in [1.29, 1.82) is 0 Å². The molecule has 2 bridgehead atoms. The van der Waals surface area contributed by atoms with E-state index < -0.39 is 15.8 Å². The lowest BCUT2D eigenvalue weighted by Crippen LogP contribution is -2.50. The molecule has 29 heavy (non-hydrogen) atoms. The highest BCUT2D eigenvalue weighted by atomic mass is 32.2. The van der Waals surface area contributed by atoms with Crippen LogP contribution in [0.3, 0.4) is 0 Å². The molecule has 0 radical (unpaired) electrons. The number of nitrogens with zero attached hydrogens (tertiary/aromatic N) is 1. The number of carbonyl (C=O) groups excluding carboxylic acids is 1. The molecule has 1 amide bonds. The van der Waals surface area contributed by atoms with Crippen molar-refractivity contribution in [3.8, 4) is 0 Å². The number of carbonyl (C=O) groups is 1. The zero-order valence-electron chi connectivity index (χ0n) is 17.4. The van der Waals surface area contributed by atoms with Crippen molar-refractivity contribution in [2.75, 3.05) is 13.1 Å². The summed E-state index contributed by atoms with van der Waals surface area (Å²) in [4.78, 5) is 12.6. The van der Waals surface area contributed by atoms with Gasteiger partial charge in [-0.25, -0.2) is 12.8 Å². The second-order valence-corrected chi connectivity index (χ2v) is 11.7. The van der Waals surface area contributed by atoms with Gasteiger partial charge in [-0.1, -0.05) is 32.9 Å². The SMILES string of the molecule is CC1(C)C2CCC1(C)C(NC(=O)C1CCN(S(=O)(=O)c3ccccc3F)CC1)C2. The smallest absolute Gasteiger partial charge is 0.245 e. The van der Waals surface area contributed by atoms with Crippen LogP contribution in [0, 0.1) is 28.5 Å². The number of piperidine rings is 1. The summed E-state index contributed by atoms with van der Waals surface area (Å²) in [6.45, 7) is 7.43. The van der Waals surface area contributed by atoms with Gasteiger partial charge in [-0.2, -0.15) is 4.31 Å². The predicted molar refractivity (Wildman–Crippen MR) is 109 cm³/mol. The van der Waals surface area contributed by atoms with Crippen LogP contribution in [0.1, 0.15) is 52.9 Å². The minimum Gasteiger partial charge on any atom is -0.353 e. The molecule has 3 unspecified atom stereocenters. The number of hydrogen-bond donors (Lipinski definition) is 1. The normalized spacial score (nSPS) is 32.4. The Morgan fingerprint density at radius 2 is 1.79 bits per heavy atom. The molecule has 160 valence electrons. The van der Waals surface area contributed by atoms with Crippen LogP contribution in [0.5, 0.6) is 0 Å². The summed E-state index contributed by atoms with van der Waals surface area (Å²) in [5.41, 5.74) is 0.365. The first-order chi connectivity index (χ1) is 13.6. The van der Waals surface area contributed by atoms with E-state index in [4.69, 9.17) is 0 Å². The average Bonchev–Trinajstić information content (AvgIpc) is 3.02.